The lowest BCUT2D eigenvalue weighted by atomic mass is 9.83. The van der Waals surface area contributed by atoms with E-state index in [4.69, 9.17) is 5.11 Å². The second-order valence-corrected chi connectivity index (χ2v) is 6.34. The number of carboxylic acids is 1. The van der Waals surface area contributed by atoms with E-state index in [0.717, 1.165) is 17.6 Å². The Labute approximate surface area is 111 Å². The molecule has 0 atom stereocenters. The van der Waals surface area contributed by atoms with Gasteiger partial charge in [-0.25, -0.2) is 4.98 Å². The summed E-state index contributed by atoms with van der Waals surface area (Å²) >= 11 is 1.49. The Morgan fingerprint density at radius 3 is 2.89 bits per heavy atom. The second kappa shape index (κ2) is 5.26. The lowest BCUT2D eigenvalue weighted by molar-refractivity contribution is -0.142. The van der Waals surface area contributed by atoms with Crippen molar-refractivity contribution in [3.8, 4) is 0 Å². The van der Waals surface area contributed by atoms with Gasteiger partial charge in [0.05, 0.1) is 5.69 Å². The Morgan fingerprint density at radius 1 is 1.61 bits per heavy atom. The number of anilines is 1. The van der Waals surface area contributed by atoms with Crippen LogP contribution in [0.15, 0.2) is 5.38 Å². The van der Waals surface area contributed by atoms with Gasteiger partial charge in [-0.15, -0.1) is 11.3 Å². The average Bonchev–Trinajstić information content (AvgIpc) is 2.70. The minimum absolute atomic E-state index is 0.631. The second-order valence-electron chi connectivity index (χ2n) is 5.48. The highest BCUT2D eigenvalue weighted by Gasteiger charge is 2.32. The van der Waals surface area contributed by atoms with Gasteiger partial charge in [-0.05, 0) is 26.2 Å². The number of nitrogens with one attached hydrogen (secondary N) is 1. The van der Waals surface area contributed by atoms with E-state index in [-0.39, 0.29) is 0 Å². The van der Waals surface area contributed by atoms with Crippen molar-refractivity contribution in [2.24, 2.45) is 5.92 Å². The van der Waals surface area contributed by atoms with E-state index in [1.54, 1.807) is 13.8 Å². The number of aromatic nitrogens is 1. The Balaban J connectivity index is 1.87. The van der Waals surface area contributed by atoms with Crippen LogP contribution in [0.3, 0.4) is 0 Å². The fraction of sp³-hybridized carbons (Fsp3) is 0.692. The first-order valence-corrected chi connectivity index (χ1v) is 7.31. The summed E-state index contributed by atoms with van der Waals surface area (Å²) < 4.78 is 0. The van der Waals surface area contributed by atoms with Crippen molar-refractivity contribution in [2.45, 2.75) is 44.9 Å². The van der Waals surface area contributed by atoms with E-state index < -0.39 is 11.4 Å². The predicted molar refractivity (Wildman–Crippen MR) is 73.2 cm³/mol. The molecule has 0 aliphatic heterocycles. The first-order chi connectivity index (χ1) is 8.50. The van der Waals surface area contributed by atoms with Gasteiger partial charge in [-0.3, -0.25) is 4.79 Å². The molecule has 0 bridgehead atoms. The monoisotopic (exact) mass is 268 g/mol. The van der Waals surface area contributed by atoms with Gasteiger partial charge < -0.3 is 10.4 Å². The molecule has 2 rings (SSSR count). The Morgan fingerprint density at radius 2 is 2.33 bits per heavy atom. The first kappa shape index (κ1) is 13.3. The average molecular weight is 268 g/mol. The van der Waals surface area contributed by atoms with E-state index in [1.165, 1.54) is 37.0 Å². The molecule has 1 aliphatic rings. The molecule has 2 N–H and O–H groups in total. The molecule has 1 fully saturated rings. The fourth-order valence-electron chi connectivity index (χ4n) is 1.92. The Kier molecular flexibility index (Phi) is 3.90. The van der Waals surface area contributed by atoms with Crippen molar-refractivity contribution in [2.75, 3.05) is 11.9 Å². The molecule has 18 heavy (non-hydrogen) atoms. The predicted octanol–water partition coefficient (Wildman–Crippen LogP) is 3.11. The molecule has 0 saturated heterocycles. The summed E-state index contributed by atoms with van der Waals surface area (Å²) in [6.07, 6.45) is 5.28. The van der Waals surface area contributed by atoms with Crippen molar-refractivity contribution in [3.63, 3.8) is 0 Å². The summed E-state index contributed by atoms with van der Waals surface area (Å²) in [5.41, 5.74) is -0.282. The zero-order valence-corrected chi connectivity index (χ0v) is 11.7. The first-order valence-electron chi connectivity index (χ1n) is 6.43. The lowest BCUT2D eigenvalue weighted by Gasteiger charge is -2.25. The summed E-state index contributed by atoms with van der Waals surface area (Å²) in [4.78, 5) is 15.5. The van der Waals surface area contributed by atoms with Gasteiger partial charge >= 0.3 is 5.97 Å². The minimum Gasteiger partial charge on any atom is -0.481 e. The van der Waals surface area contributed by atoms with Gasteiger partial charge in [0, 0.05) is 11.9 Å². The van der Waals surface area contributed by atoms with E-state index in [2.05, 4.69) is 10.3 Å². The van der Waals surface area contributed by atoms with Crippen molar-refractivity contribution in [1.82, 2.24) is 4.98 Å². The Bertz CT molecular complexity index is 424. The van der Waals surface area contributed by atoms with Crippen molar-refractivity contribution in [1.29, 1.82) is 0 Å². The molecule has 4 nitrogen and oxygen atoms in total. The smallest absolute Gasteiger partial charge is 0.315 e. The molecule has 1 aromatic heterocycles. The van der Waals surface area contributed by atoms with E-state index in [0.29, 0.717) is 5.69 Å². The number of aliphatic carboxylic acids is 1. The molecule has 0 aromatic carbocycles. The van der Waals surface area contributed by atoms with Crippen LogP contribution in [0.2, 0.25) is 0 Å². The Hall–Kier alpha value is -1.10. The molecular weight excluding hydrogens is 248 g/mol. The third-order valence-electron chi connectivity index (χ3n) is 3.73. The highest BCUT2D eigenvalue weighted by Crippen LogP contribution is 2.30. The topological polar surface area (TPSA) is 62.2 Å². The molecule has 1 aliphatic carbocycles. The number of nitrogens with zero attached hydrogens (tertiary/aromatic N) is 1. The largest absolute Gasteiger partial charge is 0.481 e. The quantitative estimate of drug-likeness (QED) is 0.832. The molecular formula is C13H20N2O2S. The molecule has 5 heteroatoms. The van der Waals surface area contributed by atoms with Gasteiger partial charge in [-0.2, -0.15) is 0 Å². The summed E-state index contributed by atoms with van der Waals surface area (Å²) in [5, 5.41) is 15.1. The van der Waals surface area contributed by atoms with Crippen LogP contribution in [0.4, 0.5) is 5.13 Å². The zero-order valence-electron chi connectivity index (χ0n) is 10.9. The van der Waals surface area contributed by atoms with Crippen molar-refractivity contribution >= 4 is 22.4 Å². The van der Waals surface area contributed by atoms with Crippen LogP contribution in [0.25, 0.3) is 0 Å². The van der Waals surface area contributed by atoms with E-state index >= 15 is 0 Å². The molecule has 0 spiro atoms. The van der Waals surface area contributed by atoms with Crippen LogP contribution in [0, 0.1) is 5.92 Å². The van der Waals surface area contributed by atoms with E-state index in [1.807, 2.05) is 5.38 Å². The van der Waals surface area contributed by atoms with Crippen molar-refractivity contribution < 1.29 is 9.90 Å². The van der Waals surface area contributed by atoms with Crippen LogP contribution in [-0.4, -0.2) is 22.6 Å². The molecule has 0 radical (unpaired) electrons. The van der Waals surface area contributed by atoms with Crippen LogP contribution in [0.1, 0.15) is 45.2 Å². The van der Waals surface area contributed by atoms with Gasteiger partial charge in [0.15, 0.2) is 5.13 Å². The SMILES string of the molecule is CC(C)(C(=O)O)c1csc(NCCC2CCC2)n1. The maximum atomic E-state index is 11.1. The zero-order chi connectivity index (χ0) is 13.2. The van der Waals surface area contributed by atoms with Crippen LogP contribution in [-0.2, 0) is 10.2 Å². The summed E-state index contributed by atoms with van der Waals surface area (Å²) in [5.74, 6) is 0.0428. The number of carboxylic acid groups (broad SMARTS) is 1. The summed E-state index contributed by atoms with van der Waals surface area (Å²) in [7, 11) is 0. The normalized spacial score (nSPS) is 16.3. The molecule has 0 amide bonds. The third-order valence-corrected chi connectivity index (χ3v) is 4.53. The van der Waals surface area contributed by atoms with Crippen LogP contribution in [0.5, 0.6) is 0 Å². The number of thiazole rings is 1. The van der Waals surface area contributed by atoms with Crippen molar-refractivity contribution in [3.05, 3.63) is 11.1 Å². The van der Waals surface area contributed by atoms with Gasteiger partial charge in [0.1, 0.15) is 5.41 Å². The van der Waals surface area contributed by atoms with Crippen LogP contribution >= 0.6 is 11.3 Å². The number of carbonyl (C=O) groups is 1. The lowest BCUT2D eigenvalue weighted by Crippen LogP contribution is -2.28. The maximum absolute atomic E-state index is 11.1. The molecule has 1 saturated carbocycles. The summed E-state index contributed by atoms with van der Waals surface area (Å²) in [6.45, 7) is 4.30. The molecule has 0 unspecified atom stereocenters. The molecule has 1 aromatic rings. The van der Waals surface area contributed by atoms with Crippen LogP contribution < -0.4 is 5.32 Å². The van der Waals surface area contributed by atoms with Gasteiger partial charge in [-0.1, -0.05) is 19.3 Å². The number of hydrogen-bond donors (Lipinski definition) is 2. The summed E-state index contributed by atoms with van der Waals surface area (Å²) in [6, 6.07) is 0. The number of hydrogen-bond acceptors (Lipinski definition) is 4. The highest BCUT2D eigenvalue weighted by atomic mass is 32.1. The maximum Gasteiger partial charge on any atom is 0.315 e. The van der Waals surface area contributed by atoms with Gasteiger partial charge in [0.2, 0.25) is 0 Å². The standard InChI is InChI=1S/C13H20N2O2S/c1-13(2,11(16)17)10-8-18-12(15-10)14-7-6-9-4-3-5-9/h8-9H,3-7H2,1-2H3,(H,14,15)(H,16,17). The van der Waals surface area contributed by atoms with E-state index in [9.17, 15) is 4.79 Å². The highest BCUT2D eigenvalue weighted by molar-refractivity contribution is 7.13. The molecule has 100 valence electrons. The van der Waals surface area contributed by atoms with Gasteiger partial charge in [0.25, 0.3) is 0 Å². The molecule has 1 heterocycles. The third kappa shape index (κ3) is 2.83. The number of rotatable bonds is 6. The minimum atomic E-state index is -0.912. The fourth-order valence-corrected chi connectivity index (χ4v) is 2.82.